The van der Waals surface area contributed by atoms with Crippen molar-refractivity contribution in [2.45, 2.75) is 63.6 Å². The third kappa shape index (κ3) is 7.98. The van der Waals surface area contributed by atoms with E-state index in [1.54, 1.807) is 29.2 Å². The summed E-state index contributed by atoms with van der Waals surface area (Å²) in [7, 11) is 0. The molecule has 0 aromatic heterocycles. The normalized spacial score (nSPS) is 14.7. The predicted octanol–water partition coefficient (Wildman–Crippen LogP) is 7.28. The molecule has 0 spiro atoms. The number of hydrogen-bond acceptors (Lipinski definition) is 2. The van der Waals surface area contributed by atoms with Crippen molar-refractivity contribution in [3.05, 3.63) is 105 Å². The lowest BCUT2D eigenvalue weighted by molar-refractivity contribution is -0.141. The molecule has 2 amide bonds. The first-order valence-corrected chi connectivity index (χ1v) is 13.8. The van der Waals surface area contributed by atoms with Crippen molar-refractivity contribution in [3.8, 4) is 0 Å². The molecule has 0 aliphatic heterocycles. The topological polar surface area (TPSA) is 49.4 Å². The number of halogens is 3. The van der Waals surface area contributed by atoms with Crippen molar-refractivity contribution < 1.29 is 9.59 Å². The highest BCUT2D eigenvalue weighted by molar-refractivity contribution is 6.42. The molecule has 3 aromatic carbocycles. The Morgan fingerprint density at radius 1 is 0.811 bits per heavy atom. The molecule has 0 saturated heterocycles. The molecular formula is C30H31Cl3N2O2. The molecule has 7 heteroatoms. The van der Waals surface area contributed by atoms with Crippen LogP contribution in [-0.4, -0.2) is 28.8 Å². The summed E-state index contributed by atoms with van der Waals surface area (Å²) < 4.78 is 0. The van der Waals surface area contributed by atoms with Crippen LogP contribution < -0.4 is 5.32 Å². The van der Waals surface area contributed by atoms with Crippen LogP contribution in [0, 0.1) is 0 Å². The summed E-state index contributed by atoms with van der Waals surface area (Å²) in [6, 6.07) is 21.8. The second kappa shape index (κ2) is 13.3. The van der Waals surface area contributed by atoms with Crippen LogP contribution in [0.15, 0.2) is 72.8 Å². The SMILES string of the molecule is O=C(NC1CCCCC1)C(Cc1ccccc1)N(Cc1ccc(Cl)c(Cl)c1)C(=O)Cc1ccc(Cl)cc1. The first-order valence-electron chi connectivity index (χ1n) is 12.7. The Balaban J connectivity index is 1.66. The lowest BCUT2D eigenvalue weighted by Gasteiger charge is -2.33. The Morgan fingerprint density at radius 3 is 2.16 bits per heavy atom. The predicted molar refractivity (Wildman–Crippen MR) is 151 cm³/mol. The number of nitrogens with zero attached hydrogens (tertiary/aromatic N) is 1. The van der Waals surface area contributed by atoms with E-state index in [2.05, 4.69) is 5.32 Å². The molecule has 1 aliphatic carbocycles. The van der Waals surface area contributed by atoms with Crippen molar-refractivity contribution in [2.24, 2.45) is 0 Å². The molecular weight excluding hydrogens is 527 g/mol. The van der Waals surface area contributed by atoms with E-state index < -0.39 is 6.04 Å². The van der Waals surface area contributed by atoms with Crippen molar-refractivity contribution >= 4 is 46.6 Å². The van der Waals surface area contributed by atoms with Gasteiger partial charge < -0.3 is 10.2 Å². The first-order chi connectivity index (χ1) is 17.9. The number of hydrogen-bond donors (Lipinski definition) is 1. The summed E-state index contributed by atoms with van der Waals surface area (Å²) >= 11 is 18.5. The van der Waals surface area contributed by atoms with Gasteiger partial charge in [0.1, 0.15) is 6.04 Å². The van der Waals surface area contributed by atoms with Crippen LogP contribution in [0.25, 0.3) is 0 Å². The van der Waals surface area contributed by atoms with E-state index in [0.717, 1.165) is 42.4 Å². The molecule has 1 atom stereocenters. The standard InChI is InChI=1S/C30H31Cl3N2O2/c31-24-14-11-22(12-15-24)19-29(36)35(20-23-13-16-26(32)27(33)17-23)28(18-21-7-3-1-4-8-21)30(37)34-25-9-5-2-6-10-25/h1,3-4,7-8,11-17,25,28H,2,5-6,9-10,18-20H2,(H,34,37). The van der Waals surface area contributed by atoms with Crippen molar-refractivity contribution in [1.29, 1.82) is 0 Å². The van der Waals surface area contributed by atoms with Crippen LogP contribution in [0.4, 0.5) is 0 Å². The number of carbonyl (C=O) groups is 2. The van der Waals surface area contributed by atoms with E-state index in [1.165, 1.54) is 6.42 Å². The monoisotopic (exact) mass is 556 g/mol. The second-order valence-electron chi connectivity index (χ2n) is 9.62. The van der Waals surface area contributed by atoms with Gasteiger partial charge in [0.05, 0.1) is 16.5 Å². The van der Waals surface area contributed by atoms with Crippen LogP contribution in [0.2, 0.25) is 15.1 Å². The van der Waals surface area contributed by atoms with E-state index >= 15 is 0 Å². The summed E-state index contributed by atoms with van der Waals surface area (Å²) in [6.45, 7) is 0.235. The fraction of sp³-hybridized carbons (Fsp3) is 0.333. The maximum absolute atomic E-state index is 13.8. The minimum atomic E-state index is -0.682. The smallest absolute Gasteiger partial charge is 0.243 e. The van der Waals surface area contributed by atoms with E-state index in [4.69, 9.17) is 34.8 Å². The van der Waals surface area contributed by atoms with Crippen LogP contribution >= 0.6 is 34.8 Å². The molecule has 1 saturated carbocycles. The van der Waals surface area contributed by atoms with Crippen molar-refractivity contribution in [2.75, 3.05) is 0 Å². The van der Waals surface area contributed by atoms with Gasteiger partial charge in [-0.1, -0.05) is 103 Å². The summed E-state index contributed by atoms with van der Waals surface area (Å²) in [6.07, 6.45) is 5.91. The highest BCUT2D eigenvalue weighted by Gasteiger charge is 2.32. The van der Waals surface area contributed by atoms with Crippen LogP contribution in [-0.2, 0) is 29.0 Å². The highest BCUT2D eigenvalue weighted by Crippen LogP contribution is 2.25. The van der Waals surface area contributed by atoms with Crippen LogP contribution in [0.1, 0.15) is 48.8 Å². The van der Waals surface area contributed by atoms with Gasteiger partial charge in [-0.2, -0.15) is 0 Å². The van der Waals surface area contributed by atoms with Gasteiger partial charge in [-0.25, -0.2) is 0 Å². The third-order valence-electron chi connectivity index (χ3n) is 6.83. The Hall–Kier alpha value is -2.53. The van der Waals surface area contributed by atoms with Gasteiger partial charge in [0.25, 0.3) is 0 Å². The molecule has 0 radical (unpaired) electrons. The molecule has 0 bridgehead atoms. The summed E-state index contributed by atoms with van der Waals surface area (Å²) in [5, 5.41) is 4.72. The number of benzene rings is 3. The maximum Gasteiger partial charge on any atom is 0.243 e. The Bertz CT molecular complexity index is 1200. The number of nitrogens with one attached hydrogen (secondary N) is 1. The van der Waals surface area contributed by atoms with Crippen LogP contribution in [0.5, 0.6) is 0 Å². The molecule has 4 rings (SSSR count). The van der Waals surface area contributed by atoms with Gasteiger partial charge in [0, 0.05) is 24.0 Å². The number of carbonyl (C=O) groups excluding carboxylic acids is 2. The average molecular weight is 558 g/mol. The molecule has 194 valence electrons. The van der Waals surface area contributed by atoms with E-state index in [-0.39, 0.29) is 30.8 Å². The molecule has 1 fully saturated rings. The van der Waals surface area contributed by atoms with Gasteiger partial charge in [-0.15, -0.1) is 0 Å². The molecule has 1 aliphatic rings. The van der Waals surface area contributed by atoms with Gasteiger partial charge in [-0.05, 0) is 53.8 Å². The number of rotatable bonds is 9. The summed E-state index contributed by atoms with van der Waals surface area (Å²) in [5.74, 6) is -0.270. The first kappa shape index (κ1) is 27.5. The van der Waals surface area contributed by atoms with E-state index in [9.17, 15) is 9.59 Å². The summed E-state index contributed by atoms with van der Waals surface area (Å²) in [4.78, 5) is 29.3. The lowest BCUT2D eigenvalue weighted by Crippen LogP contribution is -2.53. The Morgan fingerprint density at radius 2 is 1.49 bits per heavy atom. The van der Waals surface area contributed by atoms with Crippen molar-refractivity contribution in [3.63, 3.8) is 0 Å². The minimum absolute atomic E-state index is 0.125. The van der Waals surface area contributed by atoms with Crippen LogP contribution in [0.3, 0.4) is 0 Å². The lowest BCUT2D eigenvalue weighted by atomic mass is 9.94. The molecule has 1 N–H and O–H groups in total. The van der Waals surface area contributed by atoms with E-state index in [0.29, 0.717) is 21.5 Å². The zero-order chi connectivity index (χ0) is 26.2. The van der Waals surface area contributed by atoms with Gasteiger partial charge >= 0.3 is 0 Å². The highest BCUT2D eigenvalue weighted by atomic mass is 35.5. The zero-order valence-electron chi connectivity index (χ0n) is 20.6. The summed E-state index contributed by atoms with van der Waals surface area (Å²) in [5.41, 5.74) is 2.63. The maximum atomic E-state index is 13.8. The van der Waals surface area contributed by atoms with E-state index in [1.807, 2.05) is 48.5 Å². The Labute approximate surface area is 233 Å². The van der Waals surface area contributed by atoms with Gasteiger partial charge in [0.2, 0.25) is 11.8 Å². The minimum Gasteiger partial charge on any atom is -0.352 e. The molecule has 0 heterocycles. The Kier molecular flexibility index (Phi) is 9.90. The van der Waals surface area contributed by atoms with Gasteiger partial charge in [-0.3, -0.25) is 9.59 Å². The fourth-order valence-electron chi connectivity index (χ4n) is 4.81. The second-order valence-corrected chi connectivity index (χ2v) is 10.9. The fourth-order valence-corrected chi connectivity index (χ4v) is 5.26. The van der Waals surface area contributed by atoms with Crippen molar-refractivity contribution in [1.82, 2.24) is 10.2 Å². The molecule has 4 nitrogen and oxygen atoms in total. The number of amides is 2. The largest absolute Gasteiger partial charge is 0.352 e. The van der Waals surface area contributed by atoms with Gasteiger partial charge in [0.15, 0.2) is 0 Å². The average Bonchev–Trinajstić information content (AvgIpc) is 2.90. The molecule has 1 unspecified atom stereocenters. The molecule has 3 aromatic rings. The third-order valence-corrected chi connectivity index (χ3v) is 7.82. The quantitative estimate of drug-likeness (QED) is 0.301. The zero-order valence-corrected chi connectivity index (χ0v) is 22.9. The molecule has 37 heavy (non-hydrogen) atoms.